The minimum atomic E-state index is -0.500. The molecular weight excluding hydrogens is 350 g/mol. The predicted molar refractivity (Wildman–Crippen MR) is 87.7 cm³/mol. The van der Waals surface area contributed by atoms with E-state index >= 15 is 0 Å². The summed E-state index contributed by atoms with van der Waals surface area (Å²) in [6, 6.07) is 13.1. The number of urea groups is 1. The topological polar surface area (TPSA) is 75.5 Å². The molecule has 2 amide bonds. The second kappa shape index (κ2) is 7.04. The summed E-state index contributed by atoms with van der Waals surface area (Å²) >= 11 is 3.43. The maximum Gasteiger partial charge on any atom is 0.321 e. The van der Waals surface area contributed by atoms with Gasteiger partial charge < -0.3 is 10.2 Å². The van der Waals surface area contributed by atoms with Crippen LogP contribution in [0.15, 0.2) is 53.0 Å². The molecule has 0 fully saturated rings. The molecule has 0 bridgehead atoms. The van der Waals surface area contributed by atoms with Crippen LogP contribution in [-0.2, 0) is 6.54 Å². The van der Waals surface area contributed by atoms with Gasteiger partial charge in [0.25, 0.3) is 5.69 Å². The molecule has 114 valence electrons. The van der Waals surface area contributed by atoms with Crippen molar-refractivity contribution in [1.82, 2.24) is 4.90 Å². The smallest absolute Gasteiger partial charge is 0.321 e. The van der Waals surface area contributed by atoms with Gasteiger partial charge in [-0.05, 0) is 17.7 Å². The second-order valence-electron chi connectivity index (χ2n) is 4.69. The number of hydrogen-bond acceptors (Lipinski definition) is 3. The Kier molecular flexibility index (Phi) is 5.11. The number of nitro benzene ring substituents is 1. The van der Waals surface area contributed by atoms with Gasteiger partial charge in [-0.15, -0.1) is 0 Å². The zero-order chi connectivity index (χ0) is 16.1. The first-order chi connectivity index (χ1) is 10.5. The molecule has 2 rings (SSSR count). The van der Waals surface area contributed by atoms with Crippen LogP contribution in [-0.4, -0.2) is 22.9 Å². The summed E-state index contributed by atoms with van der Waals surface area (Å²) in [5, 5.41) is 13.4. The number of anilines is 1. The van der Waals surface area contributed by atoms with Crippen molar-refractivity contribution < 1.29 is 9.72 Å². The maximum absolute atomic E-state index is 12.1. The van der Waals surface area contributed by atoms with Crippen LogP contribution in [0.4, 0.5) is 16.2 Å². The first-order valence-corrected chi connectivity index (χ1v) is 7.26. The average molecular weight is 364 g/mol. The largest absolute Gasteiger partial charge is 0.323 e. The maximum atomic E-state index is 12.1. The monoisotopic (exact) mass is 363 g/mol. The van der Waals surface area contributed by atoms with Gasteiger partial charge in [-0.3, -0.25) is 10.1 Å². The van der Waals surface area contributed by atoms with Gasteiger partial charge in [0.15, 0.2) is 0 Å². The lowest BCUT2D eigenvalue weighted by Crippen LogP contribution is -2.30. The third kappa shape index (κ3) is 4.05. The van der Waals surface area contributed by atoms with Crippen LogP contribution in [0.2, 0.25) is 0 Å². The van der Waals surface area contributed by atoms with Crippen molar-refractivity contribution in [3.05, 3.63) is 68.7 Å². The number of benzene rings is 2. The van der Waals surface area contributed by atoms with Crippen LogP contribution in [0.3, 0.4) is 0 Å². The van der Waals surface area contributed by atoms with Crippen molar-refractivity contribution in [3.8, 4) is 0 Å². The van der Waals surface area contributed by atoms with Gasteiger partial charge in [0.2, 0.25) is 0 Å². The molecule has 2 aromatic rings. The molecule has 0 heterocycles. The fraction of sp³-hybridized carbons (Fsp3) is 0.133. The van der Waals surface area contributed by atoms with E-state index in [0.29, 0.717) is 12.2 Å². The molecule has 0 radical (unpaired) electrons. The minimum absolute atomic E-state index is 0.0637. The van der Waals surface area contributed by atoms with E-state index in [9.17, 15) is 14.9 Å². The van der Waals surface area contributed by atoms with Crippen LogP contribution in [0.1, 0.15) is 5.56 Å². The van der Waals surface area contributed by atoms with E-state index in [2.05, 4.69) is 21.2 Å². The Balaban J connectivity index is 2.04. The second-order valence-corrected chi connectivity index (χ2v) is 5.54. The van der Waals surface area contributed by atoms with Gasteiger partial charge in [-0.25, -0.2) is 4.79 Å². The Morgan fingerprint density at radius 1 is 1.27 bits per heavy atom. The van der Waals surface area contributed by atoms with Crippen molar-refractivity contribution in [2.24, 2.45) is 0 Å². The van der Waals surface area contributed by atoms with E-state index in [-0.39, 0.29) is 11.7 Å². The molecule has 0 saturated heterocycles. The van der Waals surface area contributed by atoms with Crippen LogP contribution >= 0.6 is 15.9 Å². The van der Waals surface area contributed by atoms with Crippen molar-refractivity contribution in [3.63, 3.8) is 0 Å². The normalized spacial score (nSPS) is 10.1. The molecule has 0 aromatic heterocycles. The number of rotatable bonds is 4. The molecule has 7 heteroatoms. The van der Waals surface area contributed by atoms with Crippen LogP contribution in [0, 0.1) is 10.1 Å². The number of carbonyl (C=O) groups excluding carboxylic acids is 1. The van der Waals surface area contributed by atoms with Gasteiger partial charge in [0.1, 0.15) is 0 Å². The number of amides is 2. The van der Waals surface area contributed by atoms with Gasteiger partial charge in [0.05, 0.1) is 4.92 Å². The van der Waals surface area contributed by atoms with Crippen LogP contribution in [0.5, 0.6) is 0 Å². The van der Waals surface area contributed by atoms with Crippen molar-refractivity contribution in [1.29, 1.82) is 0 Å². The number of carbonyl (C=O) groups is 1. The summed E-state index contributed by atoms with van der Waals surface area (Å²) in [7, 11) is 1.66. The first kappa shape index (κ1) is 16.0. The zero-order valence-electron chi connectivity index (χ0n) is 11.8. The zero-order valence-corrected chi connectivity index (χ0v) is 13.4. The number of halogens is 1. The number of nitro groups is 1. The van der Waals surface area contributed by atoms with Gasteiger partial charge in [-0.2, -0.15) is 0 Å². The quantitative estimate of drug-likeness (QED) is 0.658. The van der Waals surface area contributed by atoms with Gasteiger partial charge in [0, 0.05) is 35.9 Å². The molecular formula is C15H14BrN3O3. The molecule has 22 heavy (non-hydrogen) atoms. The Bertz CT molecular complexity index is 706. The summed E-state index contributed by atoms with van der Waals surface area (Å²) in [5.41, 5.74) is 1.30. The van der Waals surface area contributed by atoms with Crippen LogP contribution in [0.25, 0.3) is 0 Å². The Labute approximate surface area is 136 Å². The van der Waals surface area contributed by atoms with Crippen molar-refractivity contribution in [2.75, 3.05) is 12.4 Å². The Hall–Kier alpha value is -2.41. The molecule has 0 spiro atoms. The van der Waals surface area contributed by atoms with E-state index in [1.807, 2.05) is 24.3 Å². The molecule has 0 saturated carbocycles. The highest BCUT2D eigenvalue weighted by molar-refractivity contribution is 9.10. The van der Waals surface area contributed by atoms with E-state index in [1.54, 1.807) is 13.1 Å². The molecule has 2 aromatic carbocycles. The third-order valence-electron chi connectivity index (χ3n) is 3.02. The standard InChI is InChI=1S/C15H14BrN3O3/c1-18(10-11-5-2-3-8-14(11)16)15(20)17-12-6-4-7-13(9-12)19(21)22/h2-9H,10H2,1H3,(H,17,20). The summed E-state index contributed by atoms with van der Waals surface area (Å²) < 4.78 is 0.921. The molecule has 0 aliphatic heterocycles. The fourth-order valence-corrected chi connectivity index (χ4v) is 2.28. The van der Waals surface area contributed by atoms with Gasteiger partial charge in [-0.1, -0.05) is 40.2 Å². The number of nitrogens with zero attached hydrogens (tertiary/aromatic N) is 2. The lowest BCUT2D eigenvalue weighted by Gasteiger charge is -2.18. The molecule has 0 aliphatic rings. The average Bonchev–Trinajstić information content (AvgIpc) is 2.49. The molecule has 1 N–H and O–H groups in total. The molecule has 0 atom stereocenters. The molecule has 0 unspecified atom stereocenters. The Morgan fingerprint density at radius 2 is 2.00 bits per heavy atom. The fourth-order valence-electron chi connectivity index (χ4n) is 1.87. The lowest BCUT2D eigenvalue weighted by atomic mass is 10.2. The van der Waals surface area contributed by atoms with E-state index in [0.717, 1.165) is 10.0 Å². The highest BCUT2D eigenvalue weighted by Crippen LogP contribution is 2.19. The van der Waals surface area contributed by atoms with E-state index < -0.39 is 4.92 Å². The number of nitrogens with one attached hydrogen (secondary N) is 1. The summed E-state index contributed by atoms with van der Waals surface area (Å²) in [5.74, 6) is 0. The number of non-ortho nitro benzene ring substituents is 1. The molecule has 0 aliphatic carbocycles. The highest BCUT2D eigenvalue weighted by Gasteiger charge is 2.12. The lowest BCUT2D eigenvalue weighted by molar-refractivity contribution is -0.384. The van der Waals surface area contributed by atoms with E-state index in [1.165, 1.54) is 23.1 Å². The first-order valence-electron chi connectivity index (χ1n) is 6.47. The SMILES string of the molecule is CN(Cc1ccccc1Br)C(=O)Nc1cccc([N+](=O)[O-])c1. The predicted octanol–water partition coefficient (Wildman–Crippen LogP) is 4.02. The summed E-state index contributed by atoms with van der Waals surface area (Å²) in [6.45, 7) is 0.419. The van der Waals surface area contributed by atoms with Crippen molar-refractivity contribution in [2.45, 2.75) is 6.54 Å². The summed E-state index contributed by atoms with van der Waals surface area (Å²) in [6.07, 6.45) is 0. The minimum Gasteiger partial charge on any atom is -0.323 e. The van der Waals surface area contributed by atoms with Crippen LogP contribution < -0.4 is 5.32 Å². The Morgan fingerprint density at radius 3 is 2.68 bits per heavy atom. The van der Waals surface area contributed by atoms with E-state index in [4.69, 9.17) is 0 Å². The van der Waals surface area contributed by atoms with Gasteiger partial charge >= 0.3 is 6.03 Å². The van der Waals surface area contributed by atoms with Crippen molar-refractivity contribution >= 4 is 33.3 Å². The third-order valence-corrected chi connectivity index (χ3v) is 3.79. The number of hydrogen-bond donors (Lipinski definition) is 1. The summed E-state index contributed by atoms with van der Waals surface area (Å²) in [4.78, 5) is 23.9. The highest BCUT2D eigenvalue weighted by atomic mass is 79.9. The molecule has 6 nitrogen and oxygen atoms in total.